The molecule has 0 aliphatic carbocycles. The predicted molar refractivity (Wildman–Crippen MR) is 44.9 cm³/mol. The highest BCUT2D eigenvalue weighted by Crippen LogP contribution is 2.16. The summed E-state index contributed by atoms with van der Waals surface area (Å²) in [4.78, 5) is 0. The topological polar surface area (TPSA) is 0 Å². The Morgan fingerprint density at radius 3 is 2.45 bits per heavy atom. The van der Waals surface area contributed by atoms with Crippen LogP contribution in [0.3, 0.4) is 0 Å². The Bertz CT molecular complexity index is 264. The van der Waals surface area contributed by atoms with Gasteiger partial charge < -0.3 is 0 Å². The third-order valence-corrected chi connectivity index (χ3v) is 2.10. The second-order valence-corrected chi connectivity index (χ2v) is 2.71. The van der Waals surface area contributed by atoms with Gasteiger partial charge >= 0.3 is 0 Å². The van der Waals surface area contributed by atoms with Crippen molar-refractivity contribution in [2.45, 2.75) is 20.3 Å². The molecule has 0 N–H and O–H groups in total. The fraction of sp³-hybridized carbons (Fsp3) is 0.300. The molecule has 0 aromatic heterocycles. The van der Waals surface area contributed by atoms with Gasteiger partial charge in [-0.05, 0) is 49.9 Å². The van der Waals surface area contributed by atoms with E-state index >= 15 is 0 Å². The van der Waals surface area contributed by atoms with Gasteiger partial charge in [0, 0.05) is 0 Å². The molecule has 1 heteroatoms. The van der Waals surface area contributed by atoms with Crippen LogP contribution < -0.4 is 0 Å². The normalized spacial score (nSPS) is 10.2. The SMILES string of the molecule is [CH2]Cc1ccc(F)c(C)c1C. The highest BCUT2D eigenvalue weighted by atomic mass is 19.1. The smallest absolute Gasteiger partial charge is 0.126 e. The lowest BCUT2D eigenvalue weighted by molar-refractivity contribution is 0.616. The van der Waals surface area contributed by atoms with Crippen LogP contribution in [0.25, 0.3) is 0 Å². The highest BCUT2D eigenvalue weighted by molar-refractivity contribution is 5.34. The Hall–Kier alpha value is -0.850. The molecule has 1 radical (unpaired) electrons. The summed E-state index contributed by atoms with van der Waals surface area (Å²) in [7, 11) is 0. The molecule has 11 heavy (non-hydrogen) atoms. The fourth-order valence-corrected chi connectivity index (χ4v) is 1.11. The molecule has 0 aliphatic rings. The van der Waals surface area contributed by atoms with Crippen LogP contribution in [0, 0.1) is 26.6 Å². The van der Waals surface area contributed by atoms with E-state index in [1.165, 1.54) is 6.07 Å². The lowest BCUT2D eigenvalue weighted by Crippen LogP contribution is -1.93. The third-order valence-electron chi connectivity index (χ3n) is 2.10. The molecular formula is C10H12F. The quantitative estimate of drug-likeness (QED) is 0.579. The summed E-state index contributed by atoms with van der Waals surface area (Å²) in [6, 6.07) is 3.30. The van der Waals surface area contributed by atoms with E-state index in [1.54, 1.807) is 13.0 Å². The molecule has 0 saturated carbocycles. The summed E-state index contributed by atoms with van der Waals surface area (Å²) >= 11 is 0. The van der Waals surface area contributed by atoms with E-state index in [0.29, 0.717) is 0 Å². The van der Waals surface area contributed by atoms with E-state index in [4.69, 9.17) is 0 Å². The zero-order valence-electron chi connectivity index (χ0n) is 6.95. The van der Waals surface area contributed by atoms with Crippen LogP contribution in [0.2, 0.25) is 0 Å². The van der Waals surface area contributed by atoms with Crippen molar-refractivity contribution in [2.75, 3.05) is 0 Å². The zero-order chi connectivity index (χ0) is 8.43. The maximum absolute atomic E-state index is 12.9. The minimum absolute atomic E-state index is 0.125. The van der Waals surface area contributed by atoms with Gasteiger partial charge in [-0.1, -0.05) is 6.07 Å². The van der Waals surface area contributed by atoms with Gasteiger partial charge in [0.2, 0.25) is 0 Å². The van der Waals surface area contributed by atoms with Crippen LogP contribution >= 0.6 is 0 Å². The summed E-state index contributed by atoms with van der Waals surface area (Å²) < 4.78 is 12.9. The van der Waals surface area contributed by atoms with Crippen molar-refractivity contribution in [1.29, 1.82) is 0 Å². The van der Waals surface area contributed by atoms with E-state index in [9.17, 15) is 4.39 Å². The van der Waals surface area contributed by atoms with Crippen molar-refractivity contribution in [2.24, 2.45) is 0 Å². The minimum Gasteiger partial charge on any atom is -0.207 e. The molecule has 0 saturated heterocycles. The molecule has 0 nitrogen and oxygen atoms in total. The molecule has 0 spiro atoms. The van der Waals surface area contributed by atoms with Crippen molar-refractivity contribution in [3.05, 3.63) is 41.6 Å². The summed E-state index contributed by atoms with van der Waals surface area (Å²) in [5.74, 6) is -0.125. The zero-order valence-corrected chi connectivity index (χ0v) is 6.95. The van der Waals surface area contributed by atoms with Crippen LogP contribution in [0.5, 0.6) is 0 Å². The predicted octanol–water partition coefficient (Wildman–Crippen LogP) is 2.82. The van der Waals surface area contributed by atoms with E-state index in [-0.39, 0.29) is 5.82 Å². The standard InChI is InChI=1S/C10H12F/c1-4-9-5-6-10(11)8(3)7(9)2/h5-6H,1,4H2,2-3H3. The lowest BCUT2D eigenvalue weighted by Gasteiger charge is -2.06. The van der Waals surface area contributed by atoms with E-state index < -0.39 is 0 Å². The van der Waals surface area contributed by atoms with Crippen LogP contribution in [-0.2, 0) is 6.42 Å². The molecule has 0 atom stereocenters. The van der Waals surface area contributed by atoms with Crippen LogP contribution in [0.4, 0.5) is 4.39 Å². The first-order chi connectivity index (χ1) is 5.16. The maximum Gasteiger partial charge on any atom is 0.126 e. The number of halogens is 1. The lowest BCUT2D eigenvalue weighted by atomic mass is 10.0. The van der Waals surface area contributed by atoms with Gasteiger partial charge in [-0.25, -0.2) is 4.39 Å². The maximum atomic E-state index is 12.9. The summed E-state index contributed by atoms with van der Waals surface area (Å²) in [5, 5.41) is 0. The summed E-state index contributed by atoms with van der Waals surface area (Å²) in [6.45, 7) is 7.49. The van der Waals surface area contributed by atoms with Gasteiger partial charge in [-0.15, -0.1) is 0 Å². The van der Waals surface area contributed by atoms with Gasteiger partial charge in [-0.2, -0.15) is 0 Å². The van der Waals surface area contributed by atoms with Gasteiger partial charge in [0.15, 0.2) is 0 Å². The Balaban J connectivity index is 3.25. The van der Waals surface area contributed by atoms with Crippen molar-refractivity contribution >= 4 is 0 Å². The summed E-state index contributed by atoms with van der Waals surface area (Å²) in [5.41, 5.74) is 2.90. The van der Waals surface area contributed by atoms with Crippen LogP contribution in [0.15, 0.2) is 12.1 Å². The van der Waals surface area contributed by atoms with Gasteiger partial charge in [0.05, 0.1) is 0 Å². The molecule has 0 aliphatic heterocycles. The first kappa shape index (κ1) is 8.25. The van der Waals surface area contributed by atoms with Crippen molar-refractivity contribution < 1.29 is 4.39 Å². The first-order valence-corrected chi connectivity index (χ1v) is 3.70. The third kappa shape index (κ3) is 1.42. The molecule has 0 bridgehead atoms. The number of benzene rings is 1. The molecule has 1 aromatic rings. The van der Waals surface area contributed by atoms with Crippen molar-refractivity contribution in [1.82, 2.24) is 0 Å². The van der Waals surface area contributed by atoms with Gasteiger partial charge in [0.25, 0.3) is 0 Å². The molecule has 0 unspecified atom stereocenters. The monoisotopic (exact) mass is 151 g/mol. The van der Waals surface area contributed by atoms with Crippen LogP contribution in [0.1, 0.15) is 16.7 Å². The molecule has 0 heterocycles. The Labute approximate surface area is 67.1 Å². The highest BCUT2D eigenvalue weighted by Gasteiger charge is 2.03. The Kier molecular flexibility index (Phi) is 2.28. The minimum atomic E-state index is -0.125. The first-order valence-electron chi connectivity index (χ1n) is 3.70. The Morgan fingerprint density at radius 2 is 1.91 bits per heavy atom. The average molecular weight is 151 g/mol. The summed E-state index contributed by atoms with van der Waals surface area (Å²) in [6.07, 6.45) is 0.729. The fourth-order valence-electron chi connectivity index (χ4n) is 1.11. The molecule has 1 aromatic carbocycles. The second kappa shape index (κ2) is 3.04. The number of hydrogen-bond donors (Lipinski definition) is 0. The van der Waals surface area contributed by atoms with Gasteiger partial charge in [0.1, 0.15) is 5.82 Å². The van der Waals surface area contributed by atoms with Gasteiger partial charge in [-0.3, -0.25) is 0 Å². The molecular weight excluding hydrogens is 139 g/mol. The second-order valence-electron chi connectivity index (χ2n) is 2.71. The Morgan fingerprint density at radius 1 is 1.27 bits per heavy atom. The molecule has 1 rings (SSSR count). The molecule has 59 valence electrons. The largest absolute Gasteiger partial charge is 0.207 e. The van der Waals surface area contributed by atoms with Crippen LogP contribution in [-0.4, -0.2) is 0 Å². The number of hydrogen-bond acceptors (Lipinski definition) is 0. The number of rotatable bonds is 1. The average Bonchev–Trinajstić information content (AvgIpc) is 2.01. The van der Waals surface area contributed by atoms with E-state index in [1.807, 2.05) is 6.92 Å². The van der Waals surface area contributed by atoms with E-state index in [2.05, 4.69) is 6.92 Å². The molecule has 0 amide bonds. The molecule has 0 fully saturated rings. The van der Waals surface area contributed by atoms with Crippen molar-refractivity contribution in [3.8, 4) is 0 Å². The van der Waals surface area contributed by atoms with E-state index in [0.717, 1.165) is 23.1 Å². The van der Waals surface area contributed by atoms with Crippen molar-refractivity contribution in [3.63, 3.8) is 0 Å².